The number of alkyl halides is 3. The van der Waals surface area contributed by atoms with Crippen LogP contribution in [0, 0.1) is 68.0 Å². The van der Waals surface area contributed by atoms with Gasteiger partial charge in [-0.2, -0.15) is 44.7 Å². The van der Waals surface area contributed by atoms with E-state index < -0.39 is 11.7 Å². The van der Waals surface area contributed by atoms with Crippen molar-refractivity contribution in [3.05, 3.63) is 215 Å². The Bertz CT molecular complexity index is 4420. The highest BCUT2D eigenvalue weighted by atomic mass is 19.4. The Hall–Kier alpha value is -10.7. The van der Waals surface area contributed by atoms with Crippen molar-refractivity contribution >= 4 is 43.6 Å². The fourth-order valence-electron chi connectivity index (χ4n) is 9.91. The van der Waals surface area contributed by atoms with E-state index in [9.17, 15) is 44.7 Å². The minimum Gasteiger partial charge on any atom is -0.309 e. The van der Waals surface area contributed by atoms with Crippen LogP contribution in [0.15, 0.2) is 176 Å². The zero-order valence-electron chi connectivity index (χ0n) is 37.5. The van der Waals surface area contributed by atoms with E-state index in [1.807, 2.05) is 109 Å². The van der Waals surface area contributed by atoms with E-state index in [0.29, 0.717) is 67.0 Å². The number of para-hydroxylation sites is 2. The third kappa shape index (κ3) is 7.12. The Labute approximate surface area is 409 Å². The number of hydrogen-bond donors (Lipinski definition) is 0. The molecule has 0 aliphatic rings. The van der Waals surface area contributed by atoms with E-state index in [2.05, 4.69) is 39.5 Å². The number of hydrogen-bond acceptors (Lipinski definition) is 6. The molecular formula is C61H29F3N8. The zero-order valence-corrected chi connectivity index (χ0v) is 37.5. The van der Waals surface area contributed by atoms with E-state index in [-0.39, 0.29) is 11.1 Å². The second kappa shape index (κ2) is 17.1. The van der Waals surface area contributed by atoms with E-state index in [1.165, 1.54) is 6.07 Å². The lowest BCUT2D eigenvalue weighted by atomic mass is 9.92. The molecule has 0 bridgehead atoms. The van der Waals surface area contributed by atoms with Gasteiger partial charge in [-0.05, 0) is 137 Å². The molecule has 334 valence electrons. The zero-order chi connectivity index (χ0) is 49.8. The summed E-state index contributed by atoms with van der Waals surface area (Å²) in [5.74, 6) is 0. The summed E-state index contributed by atoms with van der Waals surface area (Å²) in [4.78, 5) is 0. The van der Waals surface area contributed by atoms with Crippen molar-refractivity contribution in [2.75, 3.05) is 0 Å². The smallest absolute Gasteiger partial charge is 0.309 e. The molecule has 0 aliphatic carbocycles. The van der Waals surface area contributed by atoms with Gasteiger partial charge in [-0.1, -0.05) is 72.8 Å². The van der Waals surface area contributed by atoms with Crippen LogP contribution >= 0.6 is 0 Å². The number of rotatable bonds is 6. The molecule has 0 radical (unpaired) electrons. The maximum Gasteiger partial charge on any atom is 0.416 e. The van der Waals surface area contributed by atoms with Gasteiger partial charge in [-0.3, -0.25) is 0 Å². The molecule has 11 heteroatoms. The summed E-state index contributed by atoms with van der Waals surface area (Å²) < 4.78 is 46.3. The molecule has 0 N–H and O–H groups in total. The van der Waals surface area contributed by atoms with E-state index >= 15 is 0 Å². The Balaban J connectivity index is 1.21. The molecule has 8 nitrogen and oxygen atoms in total. The van der Waals surface area contributed by atoms with Crippen molar-refractivity contribution in [3.63, 3.8) is 0 Å². The van der Waals surface area contributed by atoms with Gasteiger partial charge in [0.15, 0.2) is 0 Å². The molecule has 0 atom stereocenters. The Morgan fingerprint density at radius 2 is 0.708 bits per heavy atom. The van der Waals surface area contributed by atoms with Crippen molar-refractivity contribution in [1.29, 1.82) is 31.6 Å². The highest BCUT2D eigenvalue weighted by molar-refractivity contribution is 6.13. The van der Waals surface area contributed by atoms with Crippen LogP contribution < -0.4 is 0 Å². The van der Waals surface area contributed by atoms with Crippen molar-refractivity contribution in [3.8, 4) is 92.3 Å². The largest absolute Gasteiger partial charge is 0.416 e. The third-order valence-electron chi connectivity index (χ3n) is 13.2. The molecule has 2 aromatic heterocycles. The lowest BCUT2D eigenvalue weighted by Crippen LogP contribution is -2.05. The van der Waals surface area contributed by atoms with Crippen molar-refractivity contribution in [2.45, 2.75) is 6.18 Å². The topological polar surface area (TPSA) is 153 Å². The van der Waals surface area contributed by atoms with Gasteiger partial charge in [0.05, 0.1) is 109 Å². The van der Waals surface area contributed by atoms with Crippen LogP contribution in [0.5, 0.6) is 0 Å². The Morgan fingerprint density at radius 3 is 1.19 bits per heavy atom. The molecule has 2 heterocycles. The van der Waals surface area contributed by atoms with Gasteiger partial charge in [0.25, 0.3) is 0 Å². The van der Waals surface area contributed by atoms with Crippen molar-refractivity contribution in [2.24, 2.45) is 0 Å². The summed E-state index contributed by atoms with van der Waals surface area (Å²) in [6, 6.07) is 64.6. The summed E-state index contributed by atoms with van der Waals surface area (Å²) in [6.07, 6.45) is -4.68. The van der Waals surface area contributed by atoms with Crippen LogP contribution in [0.2, 0.25) is 0 Å². The third-order valence-corrected chi connectivity index (χ3v) is 13.2. The van der Waals surface area contributed by atoms with Gasteiger partial charge in [-0.15, -0.1) is 0 Å². The maximum absolute atomic E-state index is 14.0. The van der Waals surface area contributed by atoms with Gasteiger partial charge in [0, 0.05) is 32.7 Å². The molecule has 0 unspecified atom stereocenters. The van der Waals surface area contributed by atoms with Crippen LogP contribution in [0.1, 0.15) is 38.9 Å². The summed E-state index contributed by atoms with van der Waals surface area (Å²) in [5, 5.41) is 63.7. The van der Waals surface area contributed by atoms with Crippen LogP contribution in [0.4, 0.5) is 13.2 Å². The SMILES string of the molecule is N#Cc1ccc(-c2ccc3c(c2)c2ccccc2n3-c2ccc(C#N)cc2-c2cc(-c3ccc(C(F)(F)F)cc3C#N)ccc2-n2c3ccccc3c3cc(-c4ccc(C#N)cc4C#N)ccc32)c(C#N)c1. The maximum atomic E-state index is 14.0. The summed E-state index contributed by atoms with van der Waals surface area (Å²) >= 11 is 0. The van der Waals surface area contributed by atoms with E-state index in [1.54, 1.807) is 54.6 Å². The van der Waals surface area contributed by atoms with Gasteiger partial charge in [0.2, 0.25) is 0 Å². The monoisotopic (exact) mass is 930 g/mol. The molecule has 11 rings (SSSR count). The number of fused-ring (bicyclic) bond motifs is 6. The quantitative estimate of drug-likeness (QED) is 0.162. The normalized spacial score (nSPS) is 11.2. The molecule has 0 fully saturated rings. The second-order valence-corrected chi connectivity index (χ2v) is 17.1. The molecule has 11 aromatic rings. The number of nitriles is 6. The molecule has 0 spiro atoms. The fourth-order valence-corrected chi connectivity index (χ4v) is 9.91. The highest BCUT2D eigenvalue weighted by Crippen LogP contribution is 2.45. The molecular weight excluding hydrogens is 902 g/mol. The summed E-state index contributed by atoms with van der Waals surface area (Å²) in [6.45, 7) is 0. The molecule has 0 saturated carbocycles. The number of nitrogens with zero attached hydrogens (tertiary/aromatic N) is 8. The lowest BCUT2D eigenvalue weighted by Gasteiger charge is -2.20. The first kappa shape index (κ1) is 43.9. The summed E-state index contributed by atoms with van der Waals surface area (Å²) in [5.41, 5.74) is 9.99. The Kier molecular flexibility index (Phi) is 10.4. The van der Waals surface area contributed by atoms with Crippen LogP contribution in [-0.4, -0.2) is 9.13 Å². The minimum absolute atomic E-state index is 0.168. The molecule has 72 heavy (non-hydrogen) atoms. The molecule has 9 aromatic carbocycles. The lowest BCUT2D eigenvalue weighted by molar-refractivity contribution is -0.137. The predicted molar refractivity (Wildman–Crippen MR) is 270 cm³/mol. The van der Waals surface area contributed by atoms with E-state index in [0.717, 1.165) is 66.9 Å². The van der Waals surface area contributed by atoms with E-state index in [4.69, 9.17) is 0 Å². The standard InChI is InChI=1S/C61H29F3N8/c62-61(63,64)45-15-18-48(44(26-45)35-70)41-14-22-60(72-56-8-4-2-6-50(56)53-28-40(13-21-59(53)72)47-17-10-37(31-66)24-43(47)34-69)54(29-41)51-25-38(32-67)11-19-57(51)71-55-7-3-1-5-49(55)52-27-39(12-20-58(52)71)46-16-9-36(30-65)23-42(46)33-68/h1-29H. The first-order chi connectivity index (χ1) is 35.0. The Morgan fingerprint density at radius 1 is 0.319 bits per heavy atom. The second-order valence-electron chi connectivity index (χ2n) is 17.1. The van der Waals surface area contributed by atoms with Gasteiger partial charge in [0.1, 0.15) is 0 Å². The average Bonchev–Trinajstić information content (AvgIpc) is 3.93. The minimum atomic E-state index is -4.68. The number of halogens is 3. The van der Waals surface area contributed by atoms with Gasteiger partial charge >= 0.3 is 6.18 Å². The molecule has 0 aliphatic heterocycles. The van der Waals surface area contributed by atoms with Crippen molar-refractivity contribution < 1.29 is 13.2 Å². The van der Waals surface area contributed by atoms with Crippen molar-refractivity contribution in [1.82, 2.24) is 9.13 Å². The first-order valence-electron chi connectivity index (χ1n) is 22.3. The summed E-state index contributed by atoms with van der Waals surface area (Å²) in [7, 11) is 0. The van der Waals surface area contributed by atoms with Gasteiger partial charge in [-0.25, -0.2) is 0 Å². The first-order valence-corrected chi connectivity index (χ1v) is 22.3. The predicted octanol–water partition coefficient (Wildman–Crippen LogP) is 14.8. The molecule has 0 amide bonds. The van der Waals surface area contributed by atoms with Gasteiger partial charge < -0.3 is 9.13 Å². The van der Waals surface area contributed by atoms with Crippen LogP contribution in [0.3, 0.4) is 0 Å². The van der Waals surface area contributed by atoms with Crippen LogP contribution in [0.25, 0.3) is 99.5 Å². The number of aromatic nitrogens is 2. The highest BCUT2D eigenvalue weighted by Gasteiger charge is 2.31. The van der Waals surface area contributed by atoms with Crippen LogP contribution in [-0.2, 0) is 6.18 Å². The number of benzene rings is 9. The average molecular weight is 931 g/mol. The molecule has 0 saturated heterocycles. The fraction of sp³-hybridized carbons (Fsp3) is 0.0164.